The zero-order valence-corrected chi connectivity index (χ0v) is 11.5. The summed E-state index contributed by atoms with van der Waals surface area (Å²) in [7, 11) is 3.46. The van der Waals surface area contributed by atoms with Crippen molar-refractivity contribution in [1.82, 2.24) is 4.90 Å². The van der Waals surface area contributed by atoms with Gasteiger partial charge in [0.25, 0.3) is 0 Å². The molecule has 2 N–H and O–H groups in total. The summed E-state index contributed by atoms with van der Waals surface area (Å²) in [5, 5.41) is 0. The number of nitrogens with zero attached hydrogens (tertiary/aromatic N) is 1. The predicted molar refractivity (Wildman–Crippen MR) is 67.7 cm³/mol. The fourth-order valence-electron chi connectivity index (χ4n) is 2.21. The smallest absolute Gasteiger partial charge is 0.0659 e. The van der Waals surface area contributed by atoms with Crippen molar-refractivity contribution in [1.29, 1.82) is 0 Å². The summed E-state index contributed by atoms with van der Waals surface area (Å²) in [6, 6.07) is 0.439. The van der Waals surface area contributed by atoms with E-state index >= 15 is 0 Å². The second kappa shape index (κ2) is 8.01. The van der Waals surface area contributed by atoms with E-state index in [2.05, 4.69) is 25.7 Å². The Morgan fingerprint density at radius 2 is 1.88 bits per heavy atom. The van der Waals surface area contributed by atoms with Crippen LogP contribution in [0.15, 0.2) is 0 Å². The third kappa shape index (κ3) is 4.01. The molecule has 0 aromatic carbocycles. The van der Waals surface area contributed by atoms with Crippen molar-refractivity contribution in [3.8, 4) is 0 Å². The summed E-state index contributed by atoms with van der Waals surface area (Å²) in [5.41, 5.74) is 5.88. The molecule has 0 fully saturated rings. The molecule has 1 unspecified atom stereocenters. The SMILES string of the molecule is CCC(CN)(COC)N(CCOC)C(C)C. The monoisotopic (exact) mass is 232 g/mol. The first-order chi connectivity index (χ1) is 7.57. The molecule has 0 amide bonds. The zero-order chi connectivity index (χ0) is 12.6. The maximum atomic E-state index is 5.95. The molecule has 0 aromatic rings. The second-order valence-corrected chi connectivity index (χ2v) is 4.49. The molecule has 0 bridgehead atoms. The van der Waals surface area contributed by atoms with E-state index in [1.54, 1.807) is 14.2 Å². The van der Waals surface area contributed by atoms with Crippen molar-refractivity contribution >= 4 is 0 Å². The third-order valence-corrected chi connectivity index (χ3v) is 3.22. The maximum Gasteiger partial charge on any atom is 0.0659 e. The average Bonchev–Trinajstić information content (AvgIpc) is 2.27. The molecule has 0 heterocycles. The summed E-state index contributed by atoms with van der Waals surface area (Å²) >= 11 is 0. The number of hydrogen-bond donors (Lipinski definition) is 1. The van der Waals surface area contributed by atoms with Crippen LogP contribution in [0.3, 0.4) is 0 Å². The molecule has 0 radical (unpaired) electrons. The first-order valence-corrected chi connectivity index (χ1v) is 6.02. The molecule has 4 nitrogen and oxygen atoms in total. The van der Waals surface area contributed by atoms with E-state index in [0.717, 1.165) is 19.6 Å². The third-order valence-electron chi connectivity index (χ3n) is 3.22. The molecule has 0 aliphatic carbocycles. The van der Waals surface area contributed by atoms with Gasteiger partial charge in [-0.3, -0.25) is 4.90 Å². The highest BCUT2D eigenvalue weighted by Crippen LogP contribution is 2.22. The Morgan fingerprint density at radius 3 is 2.19 bits per heavy atom. The predicted octanol–water partition coefficient (Wildman–Crippen LogP) is 1.10. The summed E-state index contributed by atoms with van der Waals surface area (Å²) in [5.74, 6) is 0. The van der Waals surface area contributed by atoms with E-state index in [-0.39, 0.29) is 5.54 Å². The van der Waals surface area contributed by atoms with Crippen molar-refractivity contribution in [2.75, 3.05) is 40.5 Å². The number of ether oxygens (including phenoxy) is 2. The molecule has 0 aliphatic rings. The van der Waals surface area contributed by atoms with Crippen LogP contribution in [-0.2, 0) is 9.47 Å². The van der Waals surface area contributed by atoms with Gasteiger partial charge in [-0.05, 0) is 20.3 Å². The molecule has 0 saturated carbocycles. The van der Waals surface area contributed by atoms with Gasteiger partial charge in [-0.25, -0.2) is 0 Å². The van der Waals surface area contributed by atoms with Crippen LogP contribution in [-0.4, -0.2) is 57.0 Å². The summed E-state index contributed by atoms with van der Waals surface area (Å²) in [4.78, 5) is 2.39. The minimum Gasteiger partial charge on any atom is -0.383 e. The largest absolute Gasteiger partial charge is 0.383 e. The van der Waals surface area contributed by atoms with E-state index < -0.39 is 0 Å². The number of nitrogens with two attached hydrogens (primary N) is 1. The summed E-state index contributed by atoms with van der Waals surface area (Å²) in [6.07, 6.45) is 0.985. The van der Waals surface area contributed by atoms with Gasteiger partial charge in [0.05, 0.1) is 18.8 Å². The van der Waals surface area contributed by atoms with E-state index in [1.165, 1.54) is 0 Å². The van der Waals surface area contributed by atoms with Crippen LogP contribution in [0.1, 0.15) is 27.2 Å². The zero-order valence-electron chi connectivity index (χ0n) is 11.5. The molecule has 4 heteroatoms. The molecular formula is C12H28N2O2. The van der Waals surface area contributed by atoms with Crippen LogP contribution in [0.4, 0.5) is 0 Å². The van der Waals surface area contributed by atoms with Crippen LogP contribution in [0.5, 0.6) is 0 Å². The average molecular weight is 232 g/mol. The van der Waals surface area contributed by atoms with Crippen LogP contribution in [0.2, 0.25) is 0 Å². The molecular weight excluding hydrogens is 204 g/mol. The van der Waals surface area contributed by atoms with Crippen LogP contribution in [0, 0.1) is 0 Å². The van der Waals surface area contributed by atoms with Gasteiger partial charge in [0, 0.05) is 33.4 Å². The Hall–Kier alpha value is -0.160. The number of hydrogen-bond acceptors (Lipinski definition) is 4. The van der Waals surface area contributed by atoms with Crippen LogP contribution < -0.4 is 5.73 Å². The van der Waals surface area contributed by atoms with Gasteiger partial charge >= 0.3 is 0 Å². The van der Waals surface area contributed by atoms with Crippen molar-refractivity contribution in [3.63, 3.8) is 0 Å². The Kier molecular flexibility index (Phi) is 7.93. The minimum atomic E-state index is -0.0680. The van der Waals surface area contributed by atoms with Crippen molar-refractivity contribution in [2.45, 2.75) is 38.8 Å². The highest BCUT2D eigenvalue weighted by atomic mass is 16.5. The molecule has 1 atom stereocenters. The Labute approximate surface area is 100 Å². The van der Waals surface area contributed by atoms with Gasteiger partial charge < -0.3 is 15.2 Å². The lowest BCUT2D eigenvalue weighted by atomic mass is 9.93. The molecule has 0 aromatic heterocycles. The summed E-state index contributed by atoms with van der Waals surface area (Å²) in [6.45, 7) is 9.43. The van der Waals surface area contributed by atoms with Gasteiger partial charge in [0.1, 0.15) is 0 Å². The molecule has 0 spiro atoms. The lowest BCUT2D eigenvalue weighted by Crippen LogP contribution is -2.59. The quantitative estimate of drug-likeness (QED) is 0.646. The van der Waals surface area contributed by atoms with Gasteiger partial charge in [-0.2, -0.15) is 0 Å². The lowest BCUT2D eigenvalue weighted by molar-refractivity contribution is -0.0191. The first kappa shape index (κ1) is 15.8. The molecule has 98 valence electrons. The van der Waals surface area contributed by atoms with Crippen molar-refractivity contribution in [2.24, 2.45) is 5.73 Å². The molecule has 16 heavy (non-hydrogen) atoms. The highest BCUT2D eigenvalue weighted by Gasteiger charge is 2.35. The van der Waals surface area contributed by atoms with Gasteiger partial charge in [0.15, 0.2) is 0 Å². The molecule has 0 rings (SSSR count). The topological polar surface area (TPSA) is 47.7 Å². The van der Waals surface area contributed by atoms with Crippen LogP contribution in [0.25, 0.3) is 0 Å². The van der Waals surface area contributed by atoms with Gasteiger partial charge in [0.2, 0.25) is 0 Å². The number of methoxy groups -OCH3 is 2. The minimum absolute atomic E-state index is 0.0680. The molecule has 0 aliphatic heterocycles. The van der Waals surface area contributed by atoms with Crippen LogP contribution >= 0.6 is 0 Å². The van der Waals surface area contributed by atoms with E-state index in [4.69, 9.17) is 15.2 Å². The standard InChI is InChI=1S/C12H28N2O2/c1-6-12(9-13,10-16-5)14(11(2)3)7-8-15-4/h11H,6-10,13H2,1-5H3. The second-order valence-electron chi connectivity index (χ2n) is 4.49. The fraction of sp³-hybridized carbons (Fsp3) is 1.00. The van der Waals surface area contributed by atoms with Crippen molar-refractivity contribution < 1.29 is 9.47 Å². The Balaban J connectivity index is 4.76. The van der Waals surface area contributed by atoms with Gasteiger partial charge in [-0.15, -0.1) is 0 Å². The number of rotatable bonds is 9. The summed E-state index contributed by atoms with van der Waals surface area (Å²) < 4.78 is 10.5. The molecule has 0 saturated heterocycles. The maximum absolute atomic E-state index is 5.95. The Morgan fingerprint density at radius 1 is 1.25 bits per heavy atom. The Bertz CT molecular complexity index is 170. The van der Waals surface area contributed by atoms with E-state index in [9.17, 15) is 0 Å². The van der Waals surface area contributed by atoms with E-state index in [1.807, 2.05) is 0 Å². The van der Waals surface area contributed by atoms with Gasteiger partial charge in [-0.1, -0.05) is 6.92 Å². The normalized spacial score (nSPS) is 15.8. The highest BCUT2D eigenvalue weighted by molar-refractivity contribution is 4.92. The van der Waals surface area contributed by atoms with E-state index in [0.29, 0.717) is 19.2 Å². The fourth-order valence-corrected chi connectivity index (χ4v) is 2.21. The van der Waals surface area contributed by atoms with Crippen molar-refractivity contribution in [3.05, 3.63) is 0 Å². The first-order valence-electron chi connectivity index (χ1n) is 6.02. The lowest BCUT2D eigenvalue weighted by Gasteiger charge is -2.45.